The Morgan fingerprint density at radius 1 is 1.30 bits per heavy atom. The van der Waals surface area contributed by atoms with Crippen molar-refractivity contribution in [3.63, 3.8) is 0 Å². The fourth-order valence-electron chi connectivity index (χ4n) is 2.04. The molecule has 0 fully saturated rings. The van der Waals surface area contributed by atoms with E-state index in [2.05, 4.69) is 15.3 Å². The number of carbonyl (C=O) groups excluding carboxylic acids is 1. The van der Waals surface area contributed by atoms with Gasteiger partial charge < -0.3 is 4.74 Å². The van der Waals surface area contributed by atoms with Crippen LogP contribution in [0.1, 0.15) is 6.92 Å². The number of methoxy groups -OCH3 is 1. The summed E-state index contributed by atoms with van der Waals surface area (Å²) in [4.78, 5) is 11.5. The normalized spacial score (nSPS) is 12.3. The minimum atomic E-state index is -0.390. The standard InChI is InChI=1S/C15H13FN4O2S/c1-9(15(21)22-2)23-13-7-6-12-17-18-14(20(12)19-13)10-4-3-5-11(16)8-10/h3-9H,1-2H3/t9-/m1/s1. The van der Waals surface area contributed by atoms with Crippen molar-refractivity contribution in [2.45, 2.75) is 17.2 Å². The lowest BCUT2D eigenvalue weighted by Crippen LogP contribution is -2.15. The minimum Gasteiger partial charge on any atom is -0.468 e. The maximum absolute atomic E-state index is 13.4. The van der Waals surface area contributed by atoms with E-state index in [9.17, 15) is 9.18 Å². The molecule has 0 amide bonds. The van der Waals surface area contributed by atoms with Crippen LogP contribution in [0.25, 0.3) is 17.0 Å². The third kappa shape index (κ3) is 3.16. The second-order valence-corrected chi connectivity index (χ2v) is 6.12. The number of rotatable bonds is 4. The van der Waals surface area contributed by atoms with Crippen molar-refractivity contribution < 1.29 is 13.9 Å². The van der Waals surface area contributed by atoms with Crippen molar-refractivity contribution in [1.82, 2.24) is 19.8 Å². The Balaban J connectivity index is 1.99. The number of aromatic nitrogens is 4. The van der Waals surface area contributed by atoms with Crippen LogP contribution in [-0.2, 0) is 9.53 Å². The number of halogens is 1. The van der Waals surface area contributed by atoms with E-state index in [1.54, 1.807) is 31.2 Å². The highest BCUT2D eigenvalue weighted by Gasteiger charge is 2.17. The first-order chi connectivity index (χ1) is 11.1. The van der Waals surface area contributed by atoms with Crippen molar-refractivity contribution in [1.29, 1.82) is 0 Å². The number of hydrogen-bond acceptors (Lipinski definition) is 6. The van der Waals surface area contributed by atoms with E-state index in [0.29, 0.717) is 22.1 Å². The smallest absolute Gasteiger partial charge is 0.318 e. The molecule has 6 nitrogen and oxygen atoms in total. The van der Waals surface area contributed by atoms with Gasteiger partial charge in [0.25, 0.3) is 0 Å². The second kappa shape index (κ2) is 6.33. The highest BCUT2D eigenvalue weighted by atomic mass is 32.2. The number of nitrogens with zero attached hydrogens (tertiary/aromatic N) is 4. The summed E-state index contributed by atoms with van der Waals surface area (Å²) in [5.74, 6) is -0.247. The van der Waals surface area contributed by atoms with Crippen LogP contribution in [0.3, 0.4) is 0 Å². The molecular formula is C15H13FN4O2S. The molecule has 0 aliphatic carbocycles. The number of thioether (sulfide) groups is 1. The molecule has 0 aliphatic heterocycles. The molecule has 2 heterocycles. The topological polar surface area (TPSA) is 69.4 Å². The van der Waals surface area contributed by atoms with Crippen LogP contribution in [0.15, 0.2) is 41.4 Å². The van der Waals surface area contributed by atoms with E-state index >= 15 is 0 Å². The minimum absolute atomic E-state index is 0.328. The van der Waals surface area contributed by atoms with E-state index in [-0.39, 0.29) is 17.0 Å². The van der Waals surface area contributed by atoms with Crippen LogP contribution < -0.4 is 0 Å². The number of fused-ring (bicyclic) bond motifs is 1. The lowest BCUT2D eigenvalue weighted by Gasteiger charge is -2.08. The fourth-order valence-corrected chi connectivity index (χ4v) is 2.87. The monoisotopic (exact) mass is 332 g/mol. The number of carbonyl (C=O) groups is 1. The maximum Gasteiger partial charge on any atom is 0.318 e. The third-order valence-electron chi connectivity index (χ3n) is 3.15. The molecule has 0 unspecified atom stereocenters. The molecule has 0 spiro atoms. The lowest BCUT2D eigenvalue weighted by molar-refractivity contribution is -0.139. The van der Waals surface area contributed by atoms with E-state index < -0.39 is 0 Å². The summed E-state index contributed by atoms with van der Waals surface area (Å²) in [6, 6.07) is 9.56. The molecule has 8 heteroatoms. The Morgan fingerprint density at radius 2 is 2.13 bits per heavy atom. The zero-order valence-corrected chi connectivity index (χ0v) is 13.2. The van der Waals surface area contributed by atoms with Gasteiger partial charge in [-0.1, -0.05) is 23.9 Å². The van der Waals surface area contributed by atoms with Crippen molar-refractivity contribution in [3.05, 3.63) is 42.2 Å². The summed E-state index contributed by atoms with van der Waals surface area (Å²) < 4.78 is 19.6. The molecule has 1 atom stereocenters. The van der Waals surface area contributed by atoms with Gasteiger partial charge in [0, 0.05) is 5.56 Å². The molecule has 1 aromatic carbocycles. The molecule has 0 saturated carbocycles. The Labute approximate surface area is 135 Å². The SMILES string of the molecule is COC(=O)[C@@H](C)Sc1ccc2nnc(-c3cccc(F)c3)n2n1. The van der Waals surface area contributed by atoms with E-state index in [1.807, 2.05) is 0 Å². The summed E-state index contributed by atoms with van der Waals surface area (Å²) in [6.45, 7) is 1.74. The largest absolute Gasteiger partial charge is 0.468 e. The third-order valence-corrected chi connectivity index (χ3v) is 4.16. The summed E-state index contributed by atoms with van der Waals surface area (Å²) in [5, 5.41) is 12.7. The molecule has 2 aromatic heterocycles. The van der Waals surface area contributed by atoms with Gasteiger partial charge in [0.1, 0.15) is 16.1 Å². The Kier molecular flexibility index (Phi) is 4.24. The van der Waals surface area contributed by atoms with Crippen molar-refractivity contribution in [2.24, 2.45) is 0 Å². The first-order valence-electron chi connectivity index (χ1n) is 6.81. The Morgan fingerprint density at radius 3 is 2.87 bits per heavy atom. The lowest BCUT2D eigenvalue weighted by atomic mass is 10.2. The van der Waals surface area contributed by atoms with Gasteiger partial charge in [0.05, 0.1) is 7.11 Å². The van der Waals surface area contributed by atoms with Crippen molar-refractivity contribution in [3.8, 4) is 11.4 Å². The van der Waals surface area contributed by atoms with Gasteiger partial charge in [-0.25, -0.2) is 4.39 Å². The van der Waals surface area contributed by atoms with Gasteiger partial charge in [-0.3, -0.25) is 4.79 Å². The molecule has 0 aliphatic rings. The summed E-state index contributed by atoms with van der Waals surface area (Å²) in [6.07, 6.45) is 0. The molecule has 0 N–H and O–H groups in total. The summed E-state index contributed by atoms with van der Waals surface area (Å²) in [5.41, 5.74) is 1.12. The van der Waals surface area contributed by atoms with Gasteiger partial charge in [-0.2, -0.15) is 9.61 Å². The van der Waals surface area contributed by atoms with Gasteiger partial charge in [-0.05, 0) is 31.2 Å². The van der Waals surface area contributed by atoms with Crippen molar-refractivity contribution in [2.75, 3.05) is 7.11 Å². The summed E-state index contributed by atoms with van der Waals surface area (Å²) in [7, 11) is 1.35. The molecule has 0 radical (unpaired) electrons. The van der Waals surface area contributed by atoms with Crippen LogP contribution in [0.2, 0.25) is 0 Å². The number of ether oxygens (including phenoxy) is 1. The Bertz CT molecular complexity index is 868. The molecule has 23 heavy (non-hydrogen) atoms. The zero-order chi connectivity index (χ0) is 16.4. The number of esters is 1. The first-order valence-corrected chi connectivity index (χ1v) is 7.69. The van der Waals surface area contributed by atoms with Crippen LogP contribution in [0, 0.1) is 5.82 Å². The second-order valence-electron chi connectivity index (χ2n) is 4.76. The molecule has 3 aromatic rings. The van der Waals surface area contributed by atoms with Gasteiger partial charge in [0.15, 0.2) is 11.5 Å². The van der Waals surface area contributed by atoms with Crippen LogP contribution in [0.5, 0.6) is 0 Å². The van der Waals surface area contributed by atoms with E-state index in [0.717, 1.165) is 0 Å². The van der Waals surface area contributed by atoms with Crippen LogP contribution in [0.4, 0.5) is 4.39 Å². The number of benzene rings is 1. The average Bonchev–Trinajstić information content (AvgIpc) is 2.97. The maximum atomic E-state index is 13.4. The predicted molar refractivity (Wildman–Crippen MR) is 83.5 cm³/mol. The molecular weight excluding hydrogens is 319 g/mol. The van der Waals surface area contributed by atoms with Gasteiger partial charge >= 0.3 is 5.97 Å². The highest BCUT2D eigenvalue weighted by Crippen LogP contribution is 2.24. The number of hydrogen-bond donors (Lipinski definition) is 0. The Hall–Kier alpha value is -2.48. The quantitative estimate of drug-likeness (QED) is 0.540. The van der Waals surface area contributed by atoms with Crippen molar-refractivity contribution >= 4 is 23.4 Å². The zero-order valence-electron chi connectivity index (χ0n) is 12.4. The van der Waals surface area contributed by atoms with E-state index in [1.165, 1.54) is 35.5 Å². The first kappa shape index (κ1) is 15.4. The molecule has 0 bridgehead atoms. The summed E-state index contributed by atoms with van der Waals surface area (Å²) >= 11 is 1.27. The van der Waals surface area contributed by atoms with Crippen LogP contribution in [-0.4, -0.2) is 38.1 Å². The predicted octanol–water partition coefficient (Wildman–Crippen LogP) is 2.58. The highest BCUT2D eigenvalue weighted by molar-refractivity contribution is 8.00. The molecule has 118 valence electrons. The van der Waals surface area contributed by atoms with Crippen LogP contribution >= 0.6 is 11.8 Å². The van der Waals surface area contributed by atoms with Gasteiger partial charge in [-0.15, -0.1) is 10.2 Å². The molecule has 0 saturated heterocycles. The van der Waals surface area contributed by atoms with E-state index in [4.69, 9.17) is 4.74 Å². The fraction of sp³-hybridized carbons (Fsp3) is 0.200. The average molecular weight is 332 g/mol. The molecule has 3 rings (SSSR count). The van der Waals surface area contributed by atoms with Gasteiger partial charge in [0.2, 0.25) is 0 Å².